The fraction of sp³-hybridized carbons (Fsp3) is 0.440. The van der Waals surface area contributed by atoms with Gasteiger partial charge in [0.2, 0.25) is 11.8 Å². The smallest absolute Gasteiger partial charge is 0.269 e. The summed E-state index contributed by atoms with van der Waals surface area (Å²) >= 11 is 13.8. The lowest BCUT2D eigenvalue weighted by molar-refractivity contribution is -0.384. The number of nitrogens with one attached hydrogen (secondary N) is 1. The highest BCUT2D eigenvalue weighted by molar-refractivity contribution is 7.99. The summed E-state index contributed by atoms with van der Waals surface area (Å²) in [5, 5.41) is 14.9. The lowest BCUT2D eigenvalue weighted by Gasteiger charge is -2.31. The molecule has 0 spiro atoms. The third-order valence-corrected chi connectivity index (χ3v) is 7.69. The maximum absolute atomic E-state index is 13.3. The Balaban J connectivity index is 1.67. The average molecular weight is 538 g/mol. The van der Waals surface area contributed by atoms with Crippen LogP contribution >= 0.6 is 35.0 Å². The maximum Gasteiger partial charge on any atom is 0.269 e. The first-order chi connectivity index (χ1) is 16.7. The van der Waals surface area contributed by atoms with Crippen LogP contribution in [0.3, 0.4) is 0 Å². The number of nitro benzene ring substituents is 1. The Morgan fingerprint density at radius 2 is 1.83 bits per heavy atom. The van der Waals surface area contributed by atoms with Crippen LogP contribution in [0, 0.1) is 10.1 Å². The molecule has 1 fully saturated rings. The van der Waals surface area contributed by atoms with E-state index in [0.29, 0.717) is 21.4 Å². The molecular weight excluding hydrogens is 509 g/mol. The van der Waals surface area contributed by atoms with Crippen LogP contribution in [0.4, 0.5) is 5.69 Å². The van der Waals surface area contributed by atoms with Crippen LogP contribution in [-0.2, 0) is 21.9 Å². The molecule has 35 heavy (non-hydrogen) atoms. The molecule has 2 aromatic carbocycles. The Morgan fingerprint density at radius 1 is 1.14 bits per heavy atom. The van der Waals surface area contributed by atoms with Gasteiger partial charge in [-0.2, -0.15) is 0 Å². The van der Waals surface area contributed by atoms with E-state index in [1.54, 1.807) is 42.2 Å². The molecule has 0 aliphatic heterocycles. The molecule has 1 unspecified atom stereocenters. The topological polar surface area (TPSA) is 92.6 Å². The molecule has 0 aromatic heterocycles. The largest absolute Gasteiger partial charge is 0.352 e. The third kappa shape index (κ3) is 8.12. The van der Waals surface area contributed by atoms with Crippen LogP contribution in [0.25, 0.3) is 0 Å². The second kappa shape index (κ2) is 13.1. The SMILES string of the molecule is CC(C(=O)NC1CCCCC1)N(Cc1ccc(Cl)cc1Cl)C(=O)CSCc1ccc([N+](=O)[O-])cc1. The number of hydrogen-bond donors (Lipinski definition) is 1. The van der Waals surface area contributed by atoms with Crippen LogP contribution in [-0.4, -0.2) is 39.5 Å². The summed E-state index contributed by atoms with van der Waals surface area (Å²) in [4.78, 5) is 38.2. The number of benzene rings is 2. The van der Waals surface area contributed by atoms with Crippen molar-refractivity contribution in [3.63, 3.8) is 0 Å². The third-order valence-electron chi connectivity index (χ3n) is 6.12. The molecule has 7 nitrogen and oxygen atoms in total. The van der Waals surface area contributed by atoms with Gasteiger partial charge in [0.1, 0.15) is 6.04 Å². The molecule has 1 aliphatic rings. The molecule has 3 rings (SSSR count). The number of amides is 2. The Labute approximate surface area is 219 Å². The van der Waals surface area contributed by atoms with E-state index in [9.17, 15) is 19.7 Å². The van der Waals surface area contributed by atoms with Gasteiger partial charge < -0.3 is 10.2 Å². The molecule has 1 atom stereocenters. The van der Waals surface area contributed by atoms with Crippen LogP contribution in [0.15, 0.2) is 42.5 Å². The summed E-state index contributed by atoms with van der Waals surface area (Å²) < 4.78 is 0. The van der Waals surface area contributed by atoms with Gasteiger partial charge in [0.05, 0.1) is 10.7 Å². The van der Waals surface area contributed by atoms with Crippen LogP contribution in [0.1, 0.15) is 50.2 Å². The standard InChI is InChI=1S/C25H29Cl2N3O4S/c1-17(25(32)28-21-5-3-2-4-6-21)29(14-19-9-10-20(26)13-23(19)27)24(31)16-35-15-18-7-11-22(12-8-18)30(33)34/h7-13,17,21H,2-6,14-16H2,1H3,(H,28,32). The minimum Gasteiger partial charge on any atom is -0.352 e. The van der Waals surface area contributed by atoms with Gasteiger partial charge in [-0.3, -0.25) is 19.7 Å². The zero-order valence-electron chi connectivity index (χ0n) is 19.5. The summed E-state index contributed by atoms with van der Waals surface area (Å²) in [6.45, 7) is 1.92. The first-order valence-corrected chi connectivity index (χ1v) is 13.5. The molecule has 10 heteroatoms. The quantitative estimate of drug-likeness (QED) is 0.296. The van der Waals surface area contributed by atoms with E-state index in [1.807, 2.05) is 0 Å². The van der Waals surface area contributed by atoms with Gasteiger partial charge in [0.15, 0.2) is 0 Å². The molecule has 0 heterocycles. The number of carbonyl (C=O) groups is 2. The summed E-state index contributed by atoms with van der Waals surface area (Å²) in [6.07, 6.45) is 5.30. The van der Waals surface area contributed by atoms with Gasteiger partial charge in [-0.1, -0.05) is 60.7 Å². The van der Waals surface area contributed by atoms with E-state index < -0.39 is 11.0 Å². The monoisotopic (exact) mass is 537 g/mol. The molecular formula is C25H29Cl2N3O4S. The minimum atomic E-state index is -0.670. The van der Waals surface area contributed by atoms with Gasteiger partial charge >= 0.3 is 0 Å². The second-order valence-corrected chi connectivity index (χ2v) is 10.5. The molecule has 1 saturated carbocycles. The van der Waals surface area contributed by atoms with E-state index >= 15 is 0 Å². The average Bonchev–Trinajstić information content (AvgIpc) is 2.84. The summed E-state index contributed by atoms with van der Waals surface area (Å²) in [5.74, 6) is 0.315. The minimum absolute atomic E-state index is 0.0265. The zero-order chi connectivity index (χ0) is 25.4. The van der Waals surface area contributed by atoms with E-state index in [0.717, 1.165) is 31.2 Å². The highest BCUT2D eigenvalue weighted by Gasteiger charge is 2.28. The Bertz CT molecular complexity index is 1050. The number of nitro groups is 1. The van der Waals surface area contributed by atoms with Gasteiger partial charge in [-0.25, -0.2) is 0 Å². The number of rotatable bonds is 10. The van der Waals surface area contributed by atoms with Crippen molar-refractivity contribution in [2.24, 2.45) is 0 Å². The molecule has 2 amide bonds. The van der Waals surface area contributed by atoms with Crippen molar-refractivity contribution >= 4 is 52.5 Å². The van der Waals surface area contributed by atoms with Crippen LogP contribution in [0.2, 0.25) is 10.0 Å². The van der Waals surface area contributed by atoms with Gasteiger partial charge in [-0.15, -0.1) is 11.8 Å². The van der Waals surface area contributed by atoms with Crippen molar-refractivity contribution in [1.82, 2.24) is 10.2 Å². The lowest BCUT2D eigenvalue weighted by atomic mass is 9.95. The molecule has 1 aliphatic carbocycles. The molecule has 0 saturated heterocycles. The van der Waals surface area contributed by atoms with Crippen molar-refractivity contribution in [3.05, 3.63) is 73.8 Å². The predicted molar refractivity (Wildman–Crippen MR) is 141 cm³/mol. The first-order valence-electron chi connectivity index (χ1n) is 11.6. The molecule has 0 radical (unpaired) electrons. The van der Waals surface area contributed by atoms with Crippen LogP contribution in [0.5, 0.6) is 0 Å². The number of hydrogen-bond acceptors (Lipinski definition) is 5. The Kier molecular flexibility index (Phi) is 10.2. The first kappa shape index (κ1) is 27.3. The lowest BCUT2D eigenvalue weighted by Crippen LogP contribution is -2.50. The zero-order valence-corrected chi connectivity index (χ0v) is 21.9. The Hall–Kier alpha value is -2.29. The van der Waals surface area contributed by atoms with Gasteiger partial charge in [-0.05, 0) is 43.0 Å². The summed E-state index contributed by atoms with van der Waals surface area (Å²) in [5.41, 5.74) is 1.62. The summed E-state index contributed by atoms with van der Waals surface area (Å²) in [6, 6.07) is 10.8. The number of thioether (sulfide) groups is 1. The van der Waals surface area contributed by atoms with Crippen molar-refractivity contribution < 1.29 is 14.5 Å². The highest BCUT2D eigenvalue weighted by atomic mass is 35.5. The van der Waals surface area contributed by atoms with E-state index in [2.05, 4.69) is 5.32 Å². The second-order valence-electron chi connectivity index (χ2n) is 8.69. The molecule has 1 N–H and O–H groups in total. The number of halogens is 2. The number of nitrogens with zero attached hydrogens (tertiary/aromatic N) is 2. The fourth-order valence-electron chi connectivity index (χ4n) is 4.04. The predicted octanol–water partition coefficient (Wildman–Crippen LogP) is 6.00. The van der Waals surface area contributed by atoms with E-state index in [1.165, 1.54) is 30.3 Å². The van der Waals surface area contributed by atoms with Crippen molar-refractivity contribution in [1.29, 1.82) is 0 Å². The van der Waals surface area contributed by atoms with Crippen molar-refractivity contribution in [2.45, 2.75) is 63.4 Å². The number of carbonyl (C=O) groups excluding carboxylic acids is 2. The normalized spacial score (nSPS) is 14.8. The van der Waals surface area contributed by atoms with Gasteiger partial charge in [0.25, 0.3) is 5.69 Å². The molecule has 2 aromatic rings. The van der Waals surface area contributed by atoms with Crippen LogP contribution < -0.4 is 5.32 Å². The fourth-order valence-corrected chi connectivity index (χ4v) is 5.38. The maximum atomic E-state index is 13.3. The summed E-state index contributed by atoms with van der Waals surface area (Å²) in [7, 11) is 0. The van der Waals surface area contributed by atoms with Crippen molar-refractivity contribution in [3.8, 4) is 0 Å². The Morgan fingerprint density at radius 3 is 2.46 bits per heavy atom. The highest BCUT2D eigenvalue weighted by Crippen LogP contribution is 2.25. The number of non-ortho nitro benzene ring substituents is 1. The van der Waals surface area contributed by atoms with E-state index in [-0.39, 0.29) is 35.8 Å². The van der Waals surface area contributed by atoms with E-state index in [4.69, 9.17) is 23.2 Å². The van der Waals surface area contributed by atoms with Gasteiger partial charge in [0, 0.05) is 40.5 Å². The molecule has 188 valence electrons. The molecule has 0 bridgehead atoms. The van der Waals surface area contributed by atoms with Crippen molar-refractivity contribution in [2.75, 3.05) is 5.75 Å².